The molecule has 0 aromatic carbocycles. The largest absolute Gasteiger partial charge is 0.467 e. The van der Waals surface area contributed by atoms with Gasteiger partial charge in [-0.1, -0.05) is 33.8 Å². The van der Waals surface area contributed by atoms with Gasteiger partial charge in [0.05, 0.1) is 13.5 Å². The number of nitrogens with one attached hydrogen (secondary N) is 3. The molecular weight excluding hydrogens is 538 g/mol. The van der Waals surface area contributed by atoms with Crippen LogP contribution in [0, 0.1) is 11.8 Å². The van der Waals surface area contributed by atoms with E-state index in [1.807, 2.05) is 13.8 Å². The van der Waals surface area contributed by atoms with Crippen molar-refractivity contribution < 1.29 is 43.4 Å². The van der Waals surface area contributed by atoms with Crippen molar-refractivity contribution in [3.05, 3.63) is 12.2 Å². The Balaban J connectivity index is 2.79. The summed E-state index contributed by atoms with van der Waals surface area (Å²) in [6.07, 6.45) is 2.07. The number of hydrazine groups is 1. The summed E-state index contributed by atoms with van der Waals surface area (Å²) < 4.78 is 4.81. The van der Waals surface area contributed by atoms with Gasteiger partial charge < -0.3 is 25.4 Å². The number of esters is 1. The predicted octanol–water partition coefficient (Wildman–Crippen LogP) is 0.759. The standard InChI is InChI=1S/C27H43N5O9/c1-16(2)14-20(26(38)41-6)28-24(36)21-11-9-12-31(21)25(37)23(17(3)4)29-22(35)15-19(34)10-7-8-13-32(27(39)40)30-18(5)33/h7,10,16-17,20-21,23H,8-9,11-15H2,1-6H3,(H,28,36)(H,29,35)(H,30,33)(H,39,40)/t20-,21-,23-/m0/s1. The fraction of sp³-hybridized carbons (Fsp3) is 0.667. The average molecular weight is 582 g/mol. The number of ketones is 1. The van der Waals surface area contributed by atoms with E-state index in [0.717, 1.165) is 13.0 Å². The van der Waals surface area contributed by atoms with Crippen LogP contribution < -0.4 is 16.1 Å². The quantitative estimate of drug-likeness (QED) is 0.0992. The minimum Gasteiger partial charge on any atom is -0.467 e. The second kappa shape index (κ2) is 17.0. The minimum absolute atomic E-state index is 0.1000. The van der Waals surface area contributed by atoms with Crippen molar-refractivity contribution in [1.82, 2.24) is 26.0 Å². The van der Waals surface area contributed by atoms with E-state index in [1.54, 1.807) is 13.8 Å². The van der Waals surface area contributed by atoms with Crippen molar-refractivity contribution in [3.8, 4) is 0 Å². The van der Waals surface area contributed by atoms with E-state index in [4.69, 9.17) is 9.84 Å². The van der Waals surface area contributed by atoms with Crippen molar-refractivity contribution in [3.63, 3.8) is 0 Å². The first-order valence-corrected chi connectivity index (χ1v) is 13.6. The third-order valence-corrected chi connectivity index (χ3v) is 6.28. The molecule has 3 atom stereocenters. The Labute approximate surface area is 240 Å². The number of likely N-dealkylation sites (tertiary alicyclic amines) is 1. The van der Waals surface area contributed by atoms with Gasteiger partial charge in [-0.15, -0.1) is 0 Å². The maximum atomic E-state index is 13.4. The Kier molecular flexibility index (Phi) is 14.5. The number of hydrogen-bond donors (Lipinski definition) is 4. The molecule has 0 unspecified atom stereocenters. The number of rotatable bonds is 14. The number of nitrogens with zero attached hydrogens (tertiary/aromatic N) is 2. The number of carbonyl (C=O) groups excluding carboxylic acids is 6. The second-order valence-corrected chi connectivity index (χ2v) is 10.6. The lowest BCUT2D eigenvalue weighted by Crippen LogP contribution is -2.56. The highest BCUT2D eigenvalue weighted by Gasteiger charge is 2.39. The summed E-state index contributed by atoms with van der Waals surface area (Å²) in [6.45, 7) is 8.64. The van der Waals surface area contributed by atoms with Gasteiger partial charge in [-0.05, 0) is 43.6 Å². The lowest BCUT2D eigenvalue weighted by atomic mass is 10.0. The Morgan fingerprint density at radius 1 is 1.07 bits per heavy atom. The normalized spacial score (nSPS) is 16.3. The third-order valence-electron chi connectivity index (χ3n) is 6.28. The van der Waals surface area contributed by atoms with Gasteiger partial charge >= 0.3 is 12.1 Å². The van der Waals surface area contributed by atoms with E-state index < -0.39 is 66.0 Å². The Bertz CT molecular complexity index is 1010. The van der Waals surface area contributed by atoms with Crippen molar-refractivity contribution in [1.29, 1.82) is 0 Å². The highest BCUT2D eigenvalue weighted by Crippen LogP contribution is 2.21. The molecule has 5 amide bonds. The highest BCUT2D eigenvalue weighted by atomic mass is 16.5. The topological polar surface area (TPSA) is 192 Å². The van der Waals surface area contributed by atoms with Crippen LogP contribution in [0.3, 0.4) is 0 Å². The van der Waals surface area contributed by atoms with Gasteiger partial charge in [0.1, 0.15) is 18.1 Å². The molecule has 1 aliphatic rings. The minimum atomic E-state index is -1.36. The zero-order chi connectivity index (χ0) is 31.3. The van der Waals surface area contributed by atoms with E-state index in [-0.39, 0.29) is 24.8 Å². The summed E-state index contributed by atoms with van der Waals surface area (Å²) >= 11 is 0. The van der Waals surface area contributed by atoms with Crippen LogP contribution in [-0.4, -0.2) is 94.8 Å². The molecule has 0 radical (unpaired) electrons. The molecule has 14 nitrogen and oxygen atoms in total. The number of allylic oxidation sites excluding steroid dienone is 1. The lowest BCUT2D eigenvalue weighted by molar-refractivity contribution is -0.147. The molecular formula is C27H43N5O9. The van der Waals surface area contributed by atoms with Gasteiger partial charge in [0, 0.05) is 20.0 Å². The van der Waals surface area contributed by atoms with Crippen LogP contribution in [0.2, 0.25) is 0 Å². The average Bonchev–Trinajstić information content (AvgIpc) is 3.37. The van der Waals surface area contributed by atoms with Gasteiger partial charge in [0.2, 0.25) is 23.6 Å². The monoisotopic (exact) mass is 581 g/mol. The fourth-order valence-corrected chi connectivity index (χ4v) is 4.34. The van der Waals surface area contributed by atoms with Crippen LogP contribution in [0.15, 0.2) is 12.2 Å². The fourth-order valence-electron chi connectivity index (χ4n) is 4.34. The van der Waals surface area contributed by atoms with E-state index in [0.29, 0.717) is 30.8 Å². The van der Waals surface area contributed by atoms with Gasteiger partial charge in [-0.3, -0.25) is 29.4 Å². The summed E-state index contributed by atoms with van der Waals surface area (Å²) in [5, 5.41) is 15.0. The molecule has 0 saturated carbocycles. The molecule has 230 valence electrons. The summed E-state index contributed by atoms with van der Waals surface area (Å²) in [6, 6.07) is -2.64. The van der Waals surface area contributed by atoms with Crippen LogP contribution in [-0.2, 0) is 33.5 Å². The molecule has 41 heavy (non-hydrogen) atoms. The SMILES string of the molecule is COC(=O)[C@H](CC(C)C)NC(=O)[C@@H]1CCCN1C(=O)[C@@H](NC(=O)CC(=O)C=CCCN(NC(C)=O)C(=O)O)C(C)C. The number of carbonyl (C=O) groups is 7. The molecule has 14 heteroatoms. The number of methoxy groups -OCH3 is 1. The van der Waals surface area contributed by atoms with Crippen LogP contribution in [0.4, 0.5) is 4.79 Å². The number of carboxylic acid groups (broad SMARTS) is 1. The molecule has 1 rings (SSSR count). The zero-order valence-corrected chi connectivity index (χ0v) is 24.6. The number of amides is 5. The van der Waals surface area contributed by atoms with Crippen LogP contribution in [0.5, 0.6) is 0 Å². The molecule has 0 aromatic heterocycles. The molecule has 0 aliphatic carbocycles. The third kappa shape index (κ3) is 12.0. The molecule has 4 N–H and O–H groups in total. The predicted molar refractivity (Wildman–Crippen MR) is 147 cm³/mol. The van der Waals surface area contributed by atoms with Crippen LogP contribution >= 0.6 is 0 Å². The van der Waals surface area contributed by atoms with Gasteiger partial charge in [0.25, 0.3) is 0 Å². The van der Waals surface area contributed by atoms with Gasteiger partial charge in [-0.2, -0.15) is 0 Å². The van der Waals surface area contributed by atoms with Crippen molar-refractivity contribution in [2.24, 2.45) is 11.8 Å². The first kappa shape index (κ1) is 35.1. The Hall–Kier alpha value is -3.97. The first-order valence-electron chi connectivity index (χ1n) is 13.6. The zero-order valence-electron chi connectivity index (χ0n) is 24.6. The summed E-state index contributed by atoms with van der Waals surface area (Å²) in [4.78, 5) is 87.1. The molecule has 1 aliphatic heterocycles. The Morgan fingerprint density at radius 2 is 1.73 bits per heavy atom. The van der Waals surface area contributed by atoms with Crippen molar-refractivity contribution >= 4 is 41.5 Å². The highest BCUT2D eigenvalue weighted by molar-refractivity contribution is 6.04. The Morgan fingerprint density at radius 3 is 2.27 bits per heavy atom. The molecule has 0 bridgehead atoms. The summed E-state index contributed by atoms with van der Waals surface area (Å²) in [7, 11) is 1.24. The molecule has 1 heterocycles. The van der Waals surface area contributed by atoms with Gasteiger partial charge in [0.15, 0.2) is 5.78 Å². The maximum Gasteiger partial charge on any atom is 0.426 e. The van der Waals surface area contributed by atoms with Crippen molar-refractivity contribution in [2.75, 3.05) is 20.2 Å². The lowest BCUT2D eigenvalue weighted by Gasteiger charge is -2.31. The van der Waals surface area contributed by atoms with E-state index >= 15 is 0 Å². The van der Waals surface area contributed by atoms with Crippen LogP contribution in [0.1, 0.15) is 66.7 Å². The molecule has 0 spiro atoms. The first-order chi connectivity index (χ1) is 19.2. The summed E-state index contributed by atoms with van der Waals surface area (Å²) in [5.74, 6) is -3.53. The number of ether oxygens (including phenoxy) is 1. The smallest absolute Gasteiger partial charge is 0.426 e. The van der Waals surface area contributed by atoms with Gasteiger partial charge in [-0.25, -0.2) is 14.6 Å². The van der Waals surface area contributed by atoms with E-state index in [2.05, 4.69) is 16.1 Å². The van der Waals surface area contributed by atoms with E-state index in [1.165, 1.54) is 18.1 Å². The molecule has 1 fully saturated rings. The molecule has 1 saturated heterocycles. The number of hydrogen-bond acceptors (Lipinski definition) is 8. The van der Waals surface area contributed by atoms with E-state index in [9.17, 15) is 33.6 Å². The molecule has 0 aromatic rings. The summed E-state index contributed by atoms with van der Waals surface area (Å²) in [5.41, 5.74) is 2.13. The second-order valence-electron chi connectivity index (χ2n) is 10.6. The van der Waals surface area contributed by atoms with Crippen molar-refractivity contribution in [2.45, 2.75) is 84.8 Å². The maximum absolute atomic E-state index is 13.4. The van der Waals surface area contributed by atoms with Crippen LogP contribution in [0.25, 0.3) is 0 Å².